The number of H-pyrrole nitrogens is 1. The van der Waals surface area contributed by atoms with Crippen molar-refractivity contribution in [3.05, 3.63) is 17.5 Å². The van der Waals surface area contributed by atoms with Crippen LogP contribution in [0, 0.1) is 6.92 Å². The Morgan fingerprint density at radius 2 is 2.26 bits per heavy atom. The van der Waals surface area contributed by atoms with Gasteiger partial charge in [-0.1, -0.05) is 6.42 Å². The van der Waals surface area contributed by atoms with Crippen LogP contribution in [0.4, 0.5) is 0 Å². The van der Waals surface area contributed by atoms with Gasteiger partial charge in [0.25, 0.3) is 0 Å². The fourth-order valence-corrected chi connectivity index (χ4v) is 2.55. The summed E-state index contributed by atoms with van der Waals surface area (Å²) in [6.45, 7) is 3.70. The molecule has 0 aliphatic carbocycles. The normalized spacial score (nSPS) is 20.8. The molecule has 0 bridgehead atoms. The van der Waals surface area contributed by atoms with E-state index in [9.17, 15) is 0 Å². The summed E-state index contributed by atoms with van der Waals surface area (Å²) in [5.41, 5.74) is 0. The van der Waals surface area contributed by atoms with Gasteiger partial charge in [0.15, 0.2) is 11.6 Å². The van der Waals surface area contributed by atoms with Gasteiger partial charge in [-0.3, -0.25) is 10.00 Å². The number of aromatic amines is 1. The molecular weight excluding hydrogens is 244 g/mol. The van der Waals surface area contributed by atoms with Crippen molar-refractivity contribution in [2.45, 2.75) is 38.8 Å². The first-order valence-electron chi connectivity index (χ1n) is 6.58. The Bertz CT molecular complexity index is 544. The van der Waals surface area contributed by atoms with Crippen molar-refractivity contribution in [2.24, 2.45) is 7.05 Å². The molecule has 1 saturated heterocycles. The first-order valence-corrected chi connectivity index (χ1v) is 6.58. The van der Waals surface area contributed by atoms with E-state index in [2.05, 4.69) is 35.6 Å². The lowest BCUT2D eigenvalue weighted by Crippen LogP contribution is -2.34. The molecule has 1 fully saturated rings. The van der Waals surface area contributed by atoms with Gasteiger partial charge in [0.05, 0.1) is 12.6 Å². The number of nitrogens with one attached hydrogen (secondary N) is 1. The van der Waals surface area contributed by atoms with E-state index < -0.39 is 0 Å². The molecule has 2 aromatic heterocycles. The largest absolute Gasteiger partial charge is 0.286 e. The SMILES string of the molecule is Cc1nc([C@H]2CCCCN2Cc2nnnn2C)n[nH]1. The summed E-state index contributed by atoms with van der Waals surface area (Å²) in [7, 11) is 1.87. The molecule has 3 rings (SSSR count). The lowest BCUT2D eigenvalue weighted by molar-refractivity contribution is 0.129. The maximum absolute atomic E-state index is 4.47. The van der Waals surface area contributed by atoms with Crippen LogP contribution in [0.5, 0.6) is 0 Å². The van der Waals surface area contributed by atoms with Gasteiger partial charge in [-0.2, -0.15) is 5.10 Å². The third-order valence-corrected chi connectivity index (χ3v) is 3.58. The number of piperidine rings is 1. The molecule has 102 valence electrons. The summed E-state index contributed by atoms with van der Waals surface area (Å²) in [4.78, 5) is 6.83. The lowest BCUT2D eigenvalue weighted by Gasteiger charge is -2.33. The third kappa shape index (κ3) is 2.48. The van der Waals surface area contributed by atoms with E-state index in [0.29, 0.717) is 0 Å². The Morgan fingerprint density at radius 1 is 1.37 bits per heavy atom. The second-order valence-corrected chi connectivity index (χ2v) is 4.98. The molecule has 0 radical (unpaired) electrons. The molecule has 1 atom stereocenters. The highest BCUT2D eigenvalue weighted by molar-refractivity contribution is 4.99. The summed E-state index contributed by atoms with van der Waals surface area (Å²) >= 11 is 0. The van der Waals surface area contributed by atoms with Crippen LogP contribution in [0.15, 0.2) is 0 Å². The number of nitrogens with zero attached hydrogens (tertiary/aromatic N) is 7. The molecule has 8 heteroatoms. The number of aromatic nitrogens is 7. The predicted octanol–water partition coefficient (Wildman–Crippen LogP) is 0.364. The molecule has 8 nitrogen and oxygen atoms in total. The zero-order chi connectivity index (χ0) is 13.2. The van der Waals surface area contributed by atoms with E-state index in [-0.39, 0.29) is 6.04 Å². The molecule has 0 amide bonds. The van der Waals surface area contributed by atoms with Crippen LogP contribution in [0.3, 0.4) is 0 Å². The Hall–Kier alpha value is -1.83. The van der Waals surface area contributed by atoms with Crippen molar-refractivity contribution in [1.82, 2.24) is 40.3 Å². The quantitative estimate of drug-likeness (QED) is 0.859. The van der Waals surface area contributed by atoms with Gasteiger partial charge in [0.1, 0.15) is 5.82 Å². The van der Waals surface area contributed by atoms with Crippen molar-refractivity contribution in [3.63, 3.8) is 0 Å². The number of hydrogen-bond donors (Lipinski definition) is 1. The minimum atomic E-state index is 0.260. The minimum Gasteiger partial charge on any atom is -0.286 e. The van der Waals surface area contributed by atoms with Gasteiger partial charge in [0, 0.05) is 7.05 Å². The van der Waals surface area contributed by atoms with Crippen LogP contribution in [-0.4, -0.2) is 46.8 Å². The minimum absolute atomic E-state index is 0.260. The van der Waals surface area contributed by atoms with E-state index in [4.69, 9.17) is 0 Å². The van der Waals surface area contributed by atoms with Gasteiger partial charge < -0.3 is 0 Å². The summed E-state index contributed by atoms with van der Waals surface area (Å²) in [5, 5.41) is 18.8. The molecule has 1 aliphatic heterocycles. The molecule has 0 unspecified atom stereocenters. The summed E-state index contributed by atoms with van der Waals surface area (Å²) in [6.07, 6.45) is 3.50. The second-order valence-electron chi connectivity index (χ2n) is 4.98. The number of rotatable bonds is 3. The van der Waals surface area contributed by atoms with Crippen LogP contribution in [0.25, 0.3) is 0 Å². The summed E-state index contributed by atoms with van der Waals surface area (Å²) in [5.74, 6) is 2.62. The predicted molar refractivity (Wildman–Crippen MR) is 66.9 cm³/mol. The molecule has 0 spiro atoms. The highest BCUT2D eigenvalue weighted by atomic mass is 15.5. The maximum atomic E-state index is 4.47. The third-order valence-electron chi connectivity index (χ3n) is 3.58. The van der Waals surface area contributed by atoms with E-state index in [1.54, 1.807) is 4.68 Å². The van der Waals surface area contributed by atoms with Crippen molar-refractivity contribution in [3.8, 4) is 0 Å². The van der Waals surface area contributed by atoms with Gasteiger partial charge in [-0.05, 0) is 36.7 Å². The zero-order valence-corrected chi connectivity index (χ0v) is 11.2. The summed E-state index contributed by atoms with van der Waals surface area (Å²) < 4.78 is 1.72. The van der Waals surface area contributed by atoms with Gasteiger partial charge in [-0.15, -0.1) is 5.10 Å². The molecular formula is C11H18N8. The van der Waals surface area contributed by atoms with Crippen molar-refractivity contribution in [1.29, 1.82) is 0 Å². The van der Waals surface area contributed by atoms with E-state index in [1.807, 2.05) is 14.0 Å². The smallest absolute Gasteiger partial charge is 0.167 e. The fraction of sp³-hybridized carbons (Fsp3) is 0.727. The number of tetrazole rings is 1. The molecule has 2 aromatic rings. The van der Waals surface area contributed by atoms with E-state index >= 15 is 0 Å². The first kappa shape index (κ1) is 12.2. The Kier molecular flexibility index (Phi) is 3.24. The molecule has 1 N–H and O–H groups in total. The average molecular weight is 262 g/mol. The highest BCUT2D eigenvalue weighted by Gasteiger charge is 2.28. The Morgan fingerprint density at radius 3 is 2.95 bits per heavy atom. The standard InChI is InChI=1S/C11H18N8/c1-8-12-11(15-13-8)9-5-3-4-6-19(9)7-10-14-16-17-18(10)2/h9H,3-7H2,1-2H3,(H,12,13,15)/t9-/m1/s1. The fourth-order valence-electron chi connectivity index (χ4n) is 2.55. The van der Waals surface area contributed by atoms with Crippen LogP contribution in [0.1, 0.15) is 42.8 Å². The van der Waals surface area contributed by atoms with E-state index in [0.717, 1.165) is 37.0 Å². The summed E-state index contributed by atoms with van der Waals surface area (Å²) in [6, 6.07) is 0.260. The van der Waals surface area contributed by atoms with Crippen molar-refractivity contribution >= 4 is 0 Å². The molecule has 0 saturated carbocycles. The molecule has 1 aliphatic rings. The lowest BCUT2D eigenvalue weighted by atomic mass is 10.0. The zero-order valence-electron chi connectivity index (χ0n) is 11.2. The topological polar surface area (TPSA) is 88.4 Å². The number of aryl methyl sites for hydroxylation is 2. The van der Waals surface area contributed by atoms with Crippen LogP contribution >= 0.6 is 0 Å². The Balaban J connectivity index is 1.79. The van der Waals surface area contributed by atoms with Crippen LogP contribution in [-0.2, 0) is 13.6 Å². The van der Waals surface area contributed by atoms with Gasteiger partial charge >= 0.3 is 0 Å². The maximum Gasteiger partial charge on any atom is 0.167 e. The number of likely N-dealkylation sites (tertiary alicyclic amines) is 1. The second kappa shape index (κ2) is 5.04. The van der Waals surface area contributed by atoms with Crippen LogP contribution in [0.2, 0.25) is 0 Å². The monoisotopic (exact) mass is 262 g/mol. The first-order chi connectivity index (χ1) is 9.24. The highest BCUT2D eigenvalue weighted by Crippen LogP contribution is 2.29. The van der Waals surface area contributed by atoms with E-state index in [1.165, 1.54) is 12.8 Å². The van der Waals surface area contributed by atoms with Crippen molar-refractivity contribution < 1.29 is 0 Å². The molecule has 19 heavy (non-hydrogen) atoms. The van der Waals surface area contributed by atoms with Crippen molar-refractivity contribution in [2.75, 3.05) is 6.54 Å². The molecule has 3 heterocycles. The van der Waals surface area contributed by atoms with Gasteiger partial charge in [-0.25, -0.2) is 9.67 Å². The number of hydrogen-bond acceptors (Lipinski definition) is 6. The average Bonchev–Trinajstić information content (AvgIpc) is 3.00. The molecule has 0 aromatic carbocycles. The van der Waals surface area contributed by atoms with Crippen LogP contribution < -0.4 is 0 Å². The Labute approximate surface area is 111 Å². The van der Waals surface area contributed by atoms with Gasteiger partial charge in [0.2, 0.25) is 0 Å².